The minimum absolute atomic E-state index is 0.164. The smallest absolute Gasteiger partial charge is 0.0686 e. The molecule has 0 aromatic heterocycles. The molecular weight excluding hydrogens is 142 g/mol. The Balaban J connectivity index is 2.95. The van der Waals surface area contributed by atoms with Crippen LogP contribution < -0.4 is 5.32 Å². The topological polar surface area (TPSA) is 12.0 Å². The molecule has 0 aromatic rings. The van der Waals surface area contributed by atoms with Gasteiger partial charge >= 0.3 is 0 Å². The SMILES string of the molecule is C=CC(S)NCCCCC. The number of nitrogens with one attached hydrogen (secondary N) is 1. The van der Waals surface area contributed by atoms with Crippen molar-refractivity contribution in [1.82, 2.24) is 5.32 Å². The van der Waals surface area contributed by atoms with Crippen LogP contribution in [-0.2, 0) is 0 Å². The average molecular weight is 159 g/mol. The van der Waals surface area contributed by atoms with Gasteiger partial charge in [-0.15, -0.1) is 6.58 Å². The first-order valence-corrected chi connectivity index (χ1v) is 4.37. The Kier molecular flexibility index (Phi) is 7.20. The molecule has 0 aliphatic carbocycles. The summed E-state index contributed by atoms with van der Waals surface area (Å²) in [5.74, 6) is 0. The molecule has 1 N–H and O–H groups in total. The Bertz CT molecular complexity index is 83.3. The number of rotatable bonds is 6. The van der Waals surface area contributed by atoms with Crippen molar-refractivity contribution in [3.8, 4) is 0 Å². The monoisotopic (exact) mass is 159 g/mol. The van der Waals surface area contributed by atoms with Gasteiger partial charge in [-0.05, 0) is 13.0 Å². The lowest BCUT2D eigenvalue weighted by atomic mass is 10.2. The highest BCUT2D eigenvalue weighted by molar-refractivity contribution is 7.81. The summed E-state index contributed by atoms with van der Waals surface area (Å²) in [6, 6.07) is 0. The second-order valence-corrected chi connectivity index (χ2v) is 2.90. The van der Waals surface area contributed by atoms with E-state index < -0.39 is 0 Å². The van der Waals surface area contributed by atoms with Crippen LogP contribution in [0.2, 0.25) is 0 Å². The van der Waals surface area contributed by atoms with Crippen molar-refractivity contribution in [2.24, 2.45) is 0 Å². The number of hydrogen-bond donors (Lipinski definition) is 2. The lowest BCUT2D eigenvalue weighted by Crippen LogP contribution is -2.22. The Morgan fingerprint density at radius 3 is 2.80 bits per heavy atom. The largest absolute Gasteiger partial charge is 0.302 e. The molecule has 0 rings (SSSR count). The molecule has 0 aliphatic rings. The zero-order valence-electron chi connectivity index (χ0n) is 6.64. The van der Waals surface area contributed by atoms with Gasteiger partial charge in [0.2, 0.25) is 0 Å². The van der Waals surface area contributed by atoms with Gasteiger partial charge < -0.3 is 5.32 Å². The molecule has 1 unspecified atom stereocenters. The van der Waals surface area contributed by atoms with Crippen LogP contribution in [-0.4, -0.2) is 11.9 Å². The van der Waals surface area contributed by atoms with Crippen LogP contribution in [0, 0.1) is 0 Å². The third kappa shape index (κ3) is 6.17. The molecule has 0 heterocycles. The zero-order chi connectivity index (χ0) is 7.82. The van der Waals surface area contributed by atoms with E-state index in [2.05, 4.69) is 31.4 Å². The van der Waals surface area contributed by atoms with Gasteiger partial charge in [0.1, 0.15) is 0 Å². The van der Waals surface area contributed by atoms with Crippen molar-refractivity contribution < 1.29 is 0 Å². The minimum Gasteiger partial charge on any atom is -0.302 e. The molecule has 0 amide bonds. The van der Waals surface area contributed by atoms with Crippen LogP contribution in [0.5, 0.6) is 0 Å². The number of thiol groups is 1. The molecule has 2 heteroatoms. The van der Waals surface area contributed by atoms with Gasteiger partial charge in [0, 0.05) is 0 Å². The summed E-state index contributed by atoms with van der Waals surface area (Å²) in [4.78, 5) is 0. The van der Waals surface area contributed by atoms with E-state index in [0.717, 1.165) is 6.54 Å². The summed E-state index contributed by atoms with van der Waals surface area (Å²) in [6.45, 7) is 6.87. The van der Waals surface area contributed by atoms with E-state index in [1.165, 1.54) is 19.3 Å². The standard InChI is InChI=1S/C8H17NS/c1-3-5-6-7-9-8(10)4-2/h4,8-10H,2-3,5-7H2,1H3. The van der Waals surface area contributed by atoms with E-state index in [0.29, 0.717) is 0 Å². The van der Waals surface area contributed by atoms with Crippen LogP contribution >= 0.6 is 12.6 Å². The third-order valence-electron chi connectivity index (χ3n) is 1.36. The van der Waals surface area contributed by atoms with Gasteiger partial charge in [0.25, 0.3) is 0 Å². The summed E-state index contributed by atoms with van der Waals surface area (Å²) in [5, 5.41) is 3.38. The lowest BCUT2D eigenvalue weighted by Gasteiger charge is -2.06. The van der Waals surface area contributed by atoms with Crippen LogP contribution in [0.4, 0.5) is 0 Å². The molecule has 0 saturated carbocycles. The van der Waals surface area contributed by atoms with Crippen molar-refractivity contribution in [3.63, 3.8) is 0 Å². The van der Waals surface area contributed by atoms with Gasteiger partial charge in [-0.25, -0.2) is 0 Å². The van der Waals surface area contributed by atoms with E-state index >= 15 is 0 Å². The Morgan fingerprint density at radius 2 is 2.30 bits per heavy atom. The zero-order valence-corrected chi connectivity index (χ0v) is 7.53. The lowest BCUT2D eigenvalue weighted by molar-refractivity contribution is 0.633. The Labute approximate surface area is 69.3 Å². The molecule has 0 radical (unpaired) electrons. The highest BCUT2D eigenvalue weighted by Gasteiger charge is 1.92. The Morgan fingerprint density at radius 1 is 1.60 bits per heavy atom. The van der Waals surface area contributed by atoms with Crippen LogP contribution in [0.25, 0.3) is 0 Å². The summed E-state index contributed by atoms with van der Waals surface area (Å²) in [7, 11) is 0. The Hall–Kier alpha value is 0.0500. The number of hydrogen-bond acceptors (Lipinski definition) is 2. The van der Waals surface area contributed by atoms with E-state index in [4.69, 9.17) is 0 Å². The van der Waals surface area contributed by atoms with E-state index in [1.807, 2.05) is 0 Å². The minimum atomic E-state index is 0.164. The van der Waals surface area contributed by atoms with Crippen molar-refractivity contribution >= 4 is 12.6 Å². The van der Waals surface area contributed by atoms with E-state index in [9.17, 15) is 0 Å². The van der Waals surface area contributed by atoms with Crippen molar-refractivity contribution in [3.05, 3.63) is 12.7 Å². The average Bonchev–Trinajstić information content (AvgIpc) is 1.98. The van der Waals surface area contributed by atoms with Crippen molar-refractivity contribution in [2.75, 3.05) is 6.54 Å². The maximum atomic E-state index is 4.20. The first-order chi connectivity index (χ1) is 4.81. The fourth-order valence-electron chi connectivity index (χ4n) is 0.708. The molecule has 1 atom stereocenters. The predicted molar refractivity (Wildman–Crippen MR) is 50.5 cm³/mol. The van der Waals surface area contributed by atoms with Crippen LogP contribution in [0.1, 0.15) is 26.2 Å². The molecule has 0 spiro atoms. The van der Waals surface area contributed by atoms with Gasteiger partial charge in [-0.1, -0.05) is 25.8 Å². The van der Waals surface area contributed by atoms with Crippen molar-refractivity contribution in [2.45, 2.75) is 31.6 Å². The molecule has 10 heavy (non-hydrogen) atoms. The highest BCUT2D eigenvalue weighted by Crippen LogP contribution is 1.94. The molecule has 1 nitrogen and oxygen atoms in total. The van der Waals surface area contributed by atoms with E-state index in [1.54, 1.807) is 6.08 Å². The maximum absolute atomic E-state index is 4.20. The van der Waals surface area contributed by atoms with Crippen molar-refractivity contribution in [1.29, 1.82) is 0 Å². The third-order valence-corrected chi connectivity index (χ3v) is 1.75. The highest BCUT2D eigenvalue weighted by atomic mass is 32.1. The molecule has 0 fully saturated rings. The van der Waals surface area contributed by atoms with Crippen LogP contribution in [0.3, 0.4) is 0 Å². The normalized spacial score (nSPS) is 13.0. The molecule has 0 aromatic carbocycles. The molecule has 0 saturated heterocycles. The first kappa shape index (κ1) is 10.0. The maximum Gasteiger partial charge on any atom is 0.0686 e. The summed E-state index contributed by atoms with van der Waals surface area (Å²) in [6.07, 6.45) is 5.61. The van der Waals surface area contributed by atoms with Crippen LogP contribution in [0.15, 0.2) is 12.7 Å². The van der Waals surface area contributed by atoms with Gasteiger partial charge in [-0.2, -0.15) is 12.6 Å². The summed E-state index contributed by atoms with van der Waals surface area (Å²) < 4.78 is 0. The fourth-order valence-corrected chi connectivity index (χ4v) is 0.837. The predicted octanol–water partition coefficient (Wildman–Crippen LogP) is 2.21. The summed E-state index contributed by atoms with van der Waals surface area (Å²) >= 11 is 4.20. The summed E-state index contributed by atoms with van der Waals surface area (Å²) in [5.41, 5.74) is 0. The molecule has 0 aliphatic heterocycles. The fraction of sp³-hybridized carbons (Fsp3) is 0.750. The van der Waals surface area contributed by atoms with Gasteiger partial charge in [0.05, 0.1) is 5.37 Å². The second kappa shape index (κ2) is 7.16. The second-order valence-electron chi connectivity index (χ2n) is 2.34. The quantitative estimate of drug-likeness (QED) is 0.262. The molecular formula is C8H17NS. The van der Waals surface area contributed by atoms with E-state index in [-0.39, 0.29) is 5.37 Å². The first-order valence-electron chi connectivity index (χ1n) is 3.85. The number of unbranched alkanes of at least 4 members (excludes halogenated alkanes) is 2. The molecule has 60 valence electrons. The van der Waals surface area contributed by atoms with Gasteiger partial charge in [0.15, 0.2) is 0 Å². The van der Waals surface area contributed by atoms with Gasteiger partial charge in [-0.3, -0.25) is 0 Å². The molecule has 0 bridgehead atoms.